The molecule has 0 aliphatic heterocycles. The number of benzene rings is 2. The standard InChI is InChI=1S/C18H17BrN2O2/c1-3-10-20-18(23)14-6-4-5-7-16(14)21-17(22)13-9-8-12(2)15(19)11-13/h3-9,11H,1,10H2,2H3,(H,20,23)(H,21,22). The highest BCUT2D eigenvalue weighted by atomic mass is 79.9. The second-order valence-corrected chi connectivity index (χ2v) is 5.82. The molecule has 0 spiro atoms. The maximum absolute atomic E-state index is 12.4. The lowest BCUT2D eigenvalue weighted by Crippen LogP contribution is -2.25. The fourth-order valence-electron chi connectivity index (χ4n) is 1.98. The smallest absolute Gasteiger partial charge is 0.255 e. The maximum Gasteiger partial charge on any atom is 0.255 e. The molecule has 4 nitrogen and oxygen atoms in total. The highest BCUT2D eigenvalue weighted by molar-refractivity contribution is 9.10. The van der Waals surface area contributed by atoms with Crippen molar-refractivity contribution < 1.29 is 9.59 Å². The molecule has 2 aromatic rings. The van der Waals surface area contributed by atoms with E-state index < -0.39 is 0 Å². The van der Waals surface area contributed by atoms with Crippen molar-refractivity contribution in [2.24, 2.45) is 0 Å². The Hall–Kier alpha value is -2.40. The molecule has 0 atom stereocenters. The van der Waals surface area contributed by atoms with Gasteiger partial charge in [-0.15, -0.1) is 6.58 Å². The Balaban J connectivity index is 2.22. The monoisotopic (exact) mass is 372 g/mol. The Morgan fingerprint density at radius 1 is 1.17 bits per heavy atom. The zero-order valence-corrected chi connectivity index (χ0v) is 14.3. The van der Waals surface area contributed by atoms with Crippen molar-refractivity contribution in [3.63, 3.8) is 0 Å². The van der Waals surface area contributed by atoms with Gasteiger partial charge in [-0.05, 0) is 36.8 Å². The first-order valence-corrected chi connectivity index (χ1v) is 7.88. The number of carbonyl (C=O) groups excluding carboxylic acids is 2. The first kappa shape index (κ1) is 17.0. The number of hydrogen-bond acceptors (Lipinski definition) is 2. The Bertz CT molecular complexity index is 756. The van der Waals surface area contributed by atoms with E-state index in [2.05, 4.69) is 33.1 Å². The van der Waals surface area contributed by atoms with E-state index in [9.17, 15) is 9.59 Å². The van der Waals surface area contributed by atoms with Crippen molar-refractivity contribution in [1.29, 1.82) is 0 Å². The molecule has 0 fully saturated rings. The summed E-state index contributed by atoms with van der Waals surface area (Å²) in [6.45, 7) is 5.88. The summed E-state index contributed by atoms with van der Waals surface area (Å²) in [4.78, 5) is 24.5. The fraction of sp³-hybridized carbons (Fsp3) is 0.111. The topological polar surface area (TPSA) is 58.2 Å². The quantitative estimate of drug-likeness (QED) is 0.781. The molecule has 23 heavy (non-hydrogen) atoms. The molecule has 2 rings (SSSR count). The van der Waals surface area contributed by atoms with Crippen molar-refractivity contribution >= 4 is 33.4 Å². The first-order valence-electron chi connectivity index (χ1n) is 7.08. The van der Waals surface area contributed by atoms with Gasteiger partial charge in [0.1, 0.15) is 0 Å². The second-order valence-electron chi connectivity index (χ2n) is 4.96. The van der Waals surface area contributed by atoms with Crippen LogP contribution in [0, 0.1) is 6.92 Å². The molecule has 0 saturated heterocycles. The largest absolute Gasteiger partial charge is 0.349 e. The fourth-order valence-corrected chi connectivity index (χ4v) is 2.36. The van der Waals surface area contributed by atoms with Crippen molar-refractivity contribution in [2.75, 3.05) is 11.9 Å². The van der Waals surface area contributed by atoms with Crippen LogP contribution >= 0.6 is 15.9 Å². The third-order valence-electron chi connectivity index (χ3n) is 3.26. The average Bonchev–Trinajstić information content (AvgIpc) is 2.55. The van der Waals surface area contributed by atoms with Gasteiger partial charge in [-0.2, -0.15) is 0 Å². The Morgan fingerprint density at radius 2 is 1.91 bits per heavy atom. The van der Waals surface area contributed by atoms with E-state index in [4.69, 9.17) is 0 Å². The molecule has 2 aromatic carbocycles. The van der Waals surface area contributed by atoms with Crippen LogP contribution in [0.2, 0.25) is 0 Å². The minimum absolute atomic E-state index is 0.258. The number of rotatable bonds is 5. The summed E-state index contributed by atoms with van der Waals surface area (Å²) in [5.41, 5.74) is 2.44. The molecular formula is C18H17BrN2O2. The van der Waals surface area contributed by atoms with Crippen molar-refractivity contribution in [1.82, 2.24) is 5.32 Å². The summed E-state index contributed by atoms with van der Waals surface area (Å²) in [6.07, 6.45) is 1.60. The maximum atomic E-state index is 12.4. The van der Waals surface area contributed by atoms with Gasteiger partial charge < -0.3 is 10.6 Å². The van der Waals surface area contributed by atoms with Gasteiger partial charge in [0, 0.05) is 16.6 Å². The Morgan fingerprint density at radius 3 is 2.61 bits per heavy atom. The van der Waals surface area contributed by atoms with E-state index in [0.717, 1.165) is 10.0 Å². The van der Waals surface area contributed by atoms with Crippen LogP contribution in [-0.2, 0) is 0 Å². The average molecular weight is 373 g/mol. The molecule has 0 saturated carbocycles. The van der Waals surface area contributed by atoms with E-state index >= 15 is 0 Å². The summed E-state index contributed by atoms with van der Waals surface area (Å²) in [6, 6.07) is 12.2. The summed E-state index contributed by atoms with van der Waals surface area (Å²) in [5.74, 6) is -0.527. The summed E-state index contributed by atoms with van der Waals surface area (Å²) >= 11 is 3.41. The van der Waals surface area contributed by atoms with Crippen LogP contribution in [0.1, 0.15) is 26.3 Å². The number of aryl methyl sites for hydroxylation is 1. The molecule has 0 radical (unpaired) electrons. The Labute approximate surface area is 143 Å². The SMILES string of the molecule is C=CCNC(=O)c1ccccc1NC(=O)c1ccc(C)c(Br)c1. The van der Waals surface area contributed by atoms with Gasteiger partial charge in [0.2, 0.25) is 0 Å². The molecule has 0 bridgehead atoms. The van der Waals surface area contributed by atoms with Gasteiger partial charge in [-0.3, -0.25) is 9.59 Å². The minimum Gasteiger partial charge on any atom is -0.349 e. The van der Waals surface area contributed by atoms with Gasteiger partial charge in [0.15, 0.2) is 0 Å². The summed E-state index contributed by atoms with van der Waals surface area (Å²) in [5, 5.41) is 5.49. The van der Waals surface area contributed by atoms with E-state index in [-0.39, 0.29) is 11.8 Å². The van der Waals surface area contributed by atoms with Gasteiger partial charge in [-0.1, -0.05) is 40.2 Å². The lowest BCUT2D eigenvalue weighted by atomic mass is 10.1. The molecule has 0 aliphatic carbocycles. The lowest BCUT2D eigenvalue weighted by Gasteiger charge is -2.11. The predicted molar refractivity (Wildman–Crippen MR) is 95.8 cm³/mol. The molecule has 2 amide bonds. The van der Waals surface area contributed by atoms with Crippen LogP contribution in [0.25, 0.3) is 0 Å². The normalized spacial score (nSPS) is 10.0. The number of hydrogen-bond donors (Lipinski definition) is 2. The lowest BCUT2D eigenvalue weighted by molar-refractivity contribution is 0.0959. The summed E-state index contributed by atoms with van der Waals surface area (Å²) in [7, 11) is 0. The van der Waals surface area contributed by atoms with Crippen LogP contribution in [0.15, 0.2) is 59.6 Å². The third-order valence-corrected chi connectivity index (χ3v) is 4.12. The van der Waals surface area contributed by atoms with Gasteiger partial charge in [0.05, 0.1) is 11.3 Å². The number of para-hydroxylation sites is 1. The van der Waals surface area contributed by atoms with Crippen LogP contribution < -0.4 is 10.6 Å². The molecule has 0 aromatic heterocycles. The molecule has 0 aliphatic rings. The van der Waals surface area contributed by atoms with Crippen LogP contribution in [0.5, 0.6) is 0 Å². The second kappa shape index (κ2) is 7.74. The van der Waals surface area contributed by atoms with Crippen LogP contribution in [-0.4, -0.2) is 18.4 Å². The molecule has 5 heteroatoms. The van der Waals surface area contributed by atoms with E-state index in [1.54, 1.807) is 42.5 Å². The Kier molecular flexibility index (Phi) is 5.71. The number of anilines is 1. The van der Waals surface area contributed by atoms with E-state index in [1.165, 1.54) is 0 Å². The van der Waals surface area contributed by atoms with Crippen molar-refractivity contribution in [2.45, 2.75) is 6.92 Å². The van der Waals surface area contributed by atoms with E-state index in [1.807, 2.05) is 13.0 Å². The molecular weight excluding hydrogens is 356 g/mol. The van der Waals surface area contributed by atoms with Crippen LogP contribution in [0.3, 0.4) is 0 Å². The highest BCUT2D eigenvalue weighted by Crippen LogP contribution is 2.20. The van der Waals surface area contributed by atoms with Crippen molar-refractivity contribution in [3.05, 3.63) is 76.3 Å². The predicted octanol–water partition coefficient (Wildman–Crippen LogP) is 3.93. The zero-order valence-electron chi connectivity index (χ0n) is 12.7. The molecule has 0 heterocycles. The molecule has 2 N–H and O–H groups in total. The molecule has 118 valence electrons. The van der Waals surface area contributed by atoms with E-state index in [0.29, 0.717) is 23.4 Å². The molecule has 0 unspecified atom stereocenters. The van der Waals surface area contributed by atoms with Crippen molar-refractivity contribution in [3.8, 4) is 0 Å². The van der Waals surface area contributed by atoms with Crippen LogP contribution in [0.4, 0.5) is 5.69 Å². The minimum atomic E-state index is -0.269. The zero-order chi connectivity index (χ0) is 16.8. The van der Waals surface area contributed by atoms with Gasteiger partial charge >= 0.3 is 0 Å². The highest BCUT2D eigenvalue weighted by Gasteiger charge is 2.14. The summed E-state index contributed by atoms with van der Waals surface area (Å²) < 4.78 is 0.863. The number of carbonyl (C=O) groups is 2. The van der Waals surface area contributed by atoms with Gasteiger partial charge in [0.25, 0.3) is 11.8 Å². The number of nitrogens with one attached hydrogen (secondary N) is 2. The number of halogens is 1. The number of amides is 2. The first-order chi connectivity index (χ1) is 11.0. The van der Waals surface area contributed by atoms with Gasteiger partial charge in [-0.25, -0.2) is 0 Å². The third kappa shape index (κ3) is 4.29.